The number of carbonyl (C=O) groups is 7. The van der Waals surface area contributed by atoms with E-state index in [0.717, 1.165) is 11.8 Å². The maximum Gasteiger partial charge on any atom is 0.327 e. The molecule has 1 heterocycles. The summed E-state index contributed by atoms with van der Waals surface area (Å²) in [5, 5.41) is 30.3. The summed E-state index contributed by atoms with van der Waals surface area (Å²) in [4.78, 5) is 90.2. The van der Waals surface area contributed by atoms with Crippen LogP contribution in [0.15, 0.2) is 4.99 Å². The van der Waals surface area contributed by atoms with Crippen molar-refractivity contribution in [3.63, 3.8) is 0 Å². The number of hydrogen-bond acceptors (Lipinski definition) is 9. The number of carbonyl (C=O) groups excluding carboxylic acids is 5. The van der Waals surface area contributed by atoms with Crippen molar-refractivity contribution in [2.75, 3.05) is 24.6 Å². The fourth-order valence-electron chi connectivity index (χ4n) is 3.42. The Morgan fingerprint density at radius 3 is 2.20 bits per heavy atom. The molecule has 1 aliphatic rings. The van der Waals surface area contributed by atoms with E-state index in [4.69, 9.17) is 16.6 Å². The molecule has 18 heteroatoms. The molecule has 0 saturated carbocycles. The monoisotopic (exact) mass is 588 g/mol. The molecule has 11 N–H and O–H groups in total. The number of aliphatic carboxylic acids is 2. The number of carboxylic acid groups (broad SMARTS) is 2. The second-order valence-electron chi connectivity index (χ2n) is 9.15. The van der Waals surface area contributed by atoms with Gasteiger partial charge in [-0.25, -0.2) is 4.79 Å². The van der Waals surface area contributed by atoms with E-state index in [1.807, 2.05) is 0 Å². The largest absolute Gasteiger partial charge is 0.481 e. The molecule has 0 aromatic rings. The molecular weight excluding hydrogens is 552 g/mol. The molecular formula is C22H36N8O9S. The van der Waals surface area contributed by atoms with Gasteiger partial charge in [0.15, 0.2) is 5.96 Å². The average molecular weight is 589 g/mol. The molecule has 1 saturated heterocycles. The van der Waals surface area contributed by atoms with Gasteiger partial charge in [-0.3, -0.25) is 33.8 Å². The third kappa shape index (κ3) is 12.6. The van der Waals surface area contributed by atoms with Gasteiger partial charge in [-0.1, -0.05) is 13.8 Å². The van der Waals surface area contributed by atoms with E-state index in [-0.39, 0.29) is 36.9 Å². The van der Waals surface area contributed by atoms with Crippen molar-refractivity contribution in [2.45, 2.75) is 57.3 Å². The van der Waals surface area contributed by atoms with Crippen molar-refractivity contribution in [3.8, 4) is 0 Å². The molecule has 0 unspecified atom stereocenters. The maximum absolute atomic E-state index is 13.0. The van der Waals surface area contributed by atoms with Crippen LogP contribution < -0.4 is 38.1 Å². The molecule has 5 amide bonds. The van der Waals surface area contributed by atoms with Crippen molar-refractivity contribution in [1.82, 2.24) is 26.6 Å². The Balaban J connectivity index is 3.24. The first-order chi connectivity index (χ1) is 18.7. The molecule has 17 nitrogen and oxygen atoms in total. The van der Waals surface area contributed by atoms with Gasteiger partial charge in [0.05, 0.1) is 18.7 Å². The van der Waals surface area contributed by atoms with Crippen LogP contribution in [-0.4, -0.2) is 106 Å². The average Bonchev–Trinajstić information content (AvgIpc) is 2.85. The highest BCUT2D eigenvalue weighted by atomic mass is 32.2. The van der Waals surface area contributed by atoms with Gasteiger partial charge in [0.1, 0.15) is 24.2 Å². The Hall–Kier alpha value is -4.09. The lowest BCUT2D eigenvalue weighted by Gasteiger charge is -2.26. The number of aliphatic imine (C=N–C) groups is 1. The molecule has 4 atom stereocenters. The molecule has 40 heavy (non-hydrogen) atoms. The number of guanidine groups is 1. The molecule has 0 aromatic carbocycles. The zero-order valence-corrected chi connectivity index (χ0v) is 22.9. The molecule has 1 fully saturated rings. The van der Waals surface area contributed by atoms with Crippen LogP contribution in [0.3, 0.4) is 0 Å². The first-order valence-corrected chi connectivity index (χ1v) is 13.4. The van der Waals surface area contributed by atoms with Gasteiger partial charge in [0.25, 0.3) is 0 Å². The van der Waals surface area contributed by atoms with Crippen LogP contribution in [-0.2, 0) is 33.6 Å². The molecule has 0 spiro atoms. The Morgan fingerprint density at radius 1 is 0.950 bits per heavy atom. The lowest BCUT2D eigenvalue weighted by atomic mass is 10.0. The summed E-state index contributed by atoms with van der Waals surface area (Å²) in [6.07, 6.45) is -0.540. The van der Waals surface area contributed by atoms with E-state index in [2.05, 4.69) is 31.6 Å². The van der Waals surface area contributed by atoms with Gasteiger partial charge in [0.2, 0.25) is 29.5 Å². The van der Waals surface area contributed by atoms with Crippen molar-refractivity contribution in [2.24, 2.45) is 22.4 Å². The van der Waals surface area contributed by atoms with Crippen LogP contribution in [0.5, 0.6) is 0 Å². The van der Waals surface area contributed by atoms with Gasteiger partial charge >= 0.3 is 11.9 Å². The van der Waals surface area contributed by atoms with Gasteiger partial charge in [0, 0.05) is 12.3 Å². The summed E-state index contributed by atoms with van der Waals surface area (Å²) in [5.74, 6) is -8.05. The number of nitrogens with zero attached hydrogens (tertiary/aromatic N) is 1. The lowest BCUT2D eigenvalue weighted by molar-refractivity contribution is -0.143. The van der Waals surface area contributed by atoms with Crippen molar-refractivity contribution >= 4 is 59.2 Å². The Bertz CT molecular complexity index is 1000. The fourth-order valence-corrected chi connectivity index (χ4v) is 4.27. The summed E-state index contributed by atoms with van der Waals surface area (Å²) in [6, 6.07) is -5.37. The number of carboxylic acids is 2. The standard InChI is InChI=1S/C22H36N8O9S/c1-10(2)17-20(37)28-11(4-3-5-25-22(23)24)18(35)26-7-14(31)27-12(6-16(33)34)19(36)29-13(21(38)39)8-40-9-15(32)30-17/h10-13,17H,3-9H2,1-2H3,(H,26,35)(H,27,31)(H,28,37)(H,29,36)(H,30,32)(H,33,34)(H,38,39)(H4,23,24,25)/t11-,12-,13-,17+/m0/s1. The number of nitrogens with one attached hydrogen (secondary N) is 5. The van der Waals surface area contributed by atoms with E-state index in [1.54, 1.807) is 13.8 Å². The second-order valence-corrected chi connectivity index (χ2v) is 10.2. The van der Waals surface area contributed by atoms with E-state index < -0.39 is 84.5 Å². The van der Waals surface area contributed by atoms with Crippen LogP contribution in [0.4, 0.5) is 0 Å². The predicted molar refractivity (Wildman–Crippen MR) is 143 cm³/mol. The second kappa shape index (κ2) is 16.8. The number of hydrogen-bond donors (Lipinski definition) is 9. The zero-order chi connectivity index (χ0) is 30.4. The Kier molecular flexibility index (Phi) is 14.2. The first kappa shape index (κ1) is 33.9. The summed E-state index contributed by atoms with van der Waals surface area (Å²) in [7, 11) is 0. The molecule has 1 aliphatic heterocycles. The SMILES string of the molecule is CC(C)[C@H]1NC(=O)CSC[C@@H](C(=O)O)NC(=O)[C@H](CC(=O)O)NC(=O)CNC(=O)[C@H](CCCN=C(N)N)NC1=O. The quantitative estimate of drug-likeness (QED) is 0.0746. The minimum absolute atomic E-state index is 0.0607. The van der Waals surface area contributed by atoms with Crippen LogP contribution in [0.1, 0.15) is 33.1 Å². The van der Waals surface area contributed by atoms with Gasteiger partial charge in [-0.2, -0.15) is 0 Å². The molecule has 0 radical (unpaired) electrons. The van der Waals surface area contributed by atoms with Crippen molar-refractivity contribution in [1.29, 1.82) is 0 Å². The molecule has 224 valence electrons. The van der Waals surface area contributed by atoms with Crippen molar-refractivity contribution < 1.29 is 43.8 Å². The Morgan fingerprint density at radius 2 is 1.62 bits per heavy atom. The summed E-state index contributed by atoms with van der Waals surface area (Å²) < 4.78 is 0. The highest BCUT2D eigenvalue weighted by Crippen LogP contribution is 2.09. The first-order valence-electron chi connectivity index (χ1n) is 12.3. The summed E-state index contributed by atoms with van der Waals surface area (Å²) in [5.41, 5.74) is 10.6. The van der Waals surface area contributed by atoms with Gasteiger partial charge in [-0.15, -0.1) is 11.8 Å². The highest BCUT2D eigenvalue weighted by molar-refractivity contribution is 8.00. The third-order valence-corrected chi connectivity index (χ3v) is 6.47. The summed E-state index contributed by atoms with van der Waals surface area (Å²) >= 11 is 0.851. The lowest BCUT2D eigenvalue weighted by Crippen LogP contribution is -2.57. The maximum atomic E-state index is 13.0. The number of amides is 5. The Labute approximate surface area is 234 Å². The van der Waals surface area contributed by atoms with Crippen molar-refractivity contribution in [3.05, 3.63) is 0 Å². The number of thioether (sulfide) groups is 1. The van der Waals surface area contributed by atoms with Crippen LogP contribution >= 0.6 is 11.8 Å². The van der Waals surface area contributed by atoms with E-state index in [9.17, 15) is 38.7 Å². The molecule has 1 rings (SSSR count). The zero-order valence-electron chi connectivity index (χ0n) is 22.1. The minimum Gasteiger partial charge on any atom is -0.481 e. The molecule has 0 aromatic heterocycles. The molecule has 0 bridgehead atoms. The molecule has 0 aliphatic carbocycles. The number of rotatable bonds is 8. The van der Waals surface area contributed by atoms with E-state index in [0.29, 0.717) is 0 Å². The smallest absolute Gasteiger partial charge is 0.327 e. The third-order valence-electron chi connectivity index (χ3n) is 5.43. The summed E-state index contributed by atoms with van der Waals surface area (Å²) in [6.45, 7) is 2.80. The normalized spacial score (nSPS) is 23.8. The van der Waals surface area contributed by atoms with Gasteiger partial charge < -0.3 is 48.3 Å². The topological polar surface area (TPSA) is 284 Å². The van der Waals surface area contributed by atoms with E-state index >= 15 is 0 Å². The van der Waals surface area contributed by atoms with Gasteiger partial charge in [-0.05, 0) is 18.8 Å². The van der Waals surface area contributed by atoms with Crippen LogP contribution in [0, 0.1) is 5.92 Å². The fraction of sp³-hybridized carbons (Fsp3) is 0.636. The van der Waals surface area contributed by atoms with Crippen LogP contribution in [0.25, 0.3) is 0 Å². The number of nitrogens with two attached hydrogens (primary N) is 2. The van der Waals surface area contributed by atoms with Crippen LogP contribution in [0.2, 0.25) is 0 Å². The van der Waals surface area contributed by atoms with E-state index in [1.165, 1.54) is 0 Å². The predicted octanol–water partition coefficient (Wildman–Crippen LogP) is -3.94. The minimum atomic E-state index is -1.65. The highest BCUT2D eigenvalue weighted by Gasteiger charge is 2.31.